The third-order valence-corrected chi connectivity index (χ3v) is 5.04. The minimum Gasteiger partial charge on any atom is -0.493 e. The maximum atomic E-state index is 13.1. The van der Waals surface area contributed by atoms with Crippen LogP contribution in [0.2, 0.25) is 0 Å². The molecule has 0 spiro atoms. The number of likely N-dealkylation sites (tertiary alicyclic amines) is 1. The highest BCUT2D eigenvalue weighted by molar-refractivity contribution is 6.05. The van der Waals surface area contributed by atoms with Gasteiger partial charge < -0.3 is 9.64 Å². The maximum Gasteiger partial charge on any atom is 0.273 e. The molecule has 27 heavy (non-hydrogen) atoms. The Balaban J connectivity index is 1.45. The van der Waals surface area contributed by atoms with Crippen LogP contribution in [0.5, 0.6) is 5.75 Å². The van der Waals surface area contributed by atoms with Crippen LogP contribution in [0, 0.1) is 12.8 Å². The van der Waals surface area contributed by atoms with E-state index < -0.39 is 0 Å². The van der Waals surface area contributed by atoms with Crippen LogP contribution >= 0.6 is 0 Å². The fourth-order valence-electron chi connectivity index (χ4n) is 3.65. The van der Waals surface area contributed by atoms with Crippen molar-refractivity contribution in [1.29, 1.82) is 0 Å². The quantitative estimate of drug-likeness (QED) is 0.708. The number of ether oxygens (including phenoxy) is 1. The van der Waals surface area contributed by atoms with E-state index in [1.54, 1.807) is 12.4 Å². The Hall–Kier alpha value is -2.95. The van der Waals surface area contributed by atoms with Gasteiger partial charge >= 0.3 is 0 Å². The van der Waals surface area contributed by atoms with E-state index in [0.29, 0.717) is 24.8 Å². The zero-order chi connectivity index (χ0) is 18.6. The second-order valence-electron chi connectivity index (χ2n) is 7.08. The normalized spacial score (nSPS) is 17.1. The van der Waals surface area contributed by atoms with Gasteiger partial charge in [-0.3, -0.25) is 14.8 Å². The summed E-state index contributed by atoms with van der Waals surface area (Å²) in [6.45, 7) is 4.03. The van der Waals surface area contributed by atoms with Gasteiger partial charge in [0, 0.05) is 48.5 Å². The highest BCUT2D eigenvalue weighted by atomic mass is 16.5. The lowest BCUT2D eigenvalue weighted by Gasteiger charge is -2.32. The number of hydrogen-bond acceptors (Lipinski definition) is 4. The van der Waals surface area contributed by atoms with Crippen LogP contribution in [0.3, 0.4) is 0 Å². The molecule has 1 unspecified atom stereocenters. The molecular weight excluding hydrogens is 338 g/mol. The molecule has 0 aliphatic carbocycles. The average molecular weight is 361 g/mol. The van der Waals surface area contributed by atoms with Gasteiger partial charge in [0.2, 0.25) is 0 Å². The Morgan fingerprint density at radius 2 is 2.04 bits per heavy atom. The fraction of sp³-hybridized carbons (Fsp3) is 0.318. The van der Waals surface area contributed by atoms with Crippen molar-refractivity contribution in [3.8, 4) is 5.75 Å². The molecule has 5 nitrogen and oxygen atoms in total. The largest absolute Gasteiger partial charge is 0.493 e. The molecule has 0 N–H and O–H groups in total. The number of rotatable bonds is 4. The molecular formula is C22H23N3O2. The summed E-state index contributed by atoms with van der Waals surface area (Å²) in [4.78, 5) is 23.6. The smallest absolute Gasteiger partial charge is 0.273 e. The van der Waals surface area contributed by atoms with Crippen molar-refractivity contribution in [1.82, 2.24) is 14.9 Å². The Kier molecular flexibility index (Phi) is 5.01. The topological polar surface area (TPSA) is 55.3 Å². The minimum atomic E-state index is 0.0104. The van der Waals surface area contributed by atoms with Crippen LogP contribution in [0.15, 0.2) is 54.9 Å². The van der Waals surface area contributed by atoms with Gasteiger partial charge in [0.1, 0.15) is 11.4 Å². The molecule has 0 saturated carbocycles. The van der Waals surface area contributed by atoms with Crippen molar-refractivity contribution < 1.29 is 9.53 Å². The monoisotopic (exact) mass is 361 g/mol. The lowest BCUT2D eigenvalue weighted by atomic mass is 9.98. The first-order chi connectivity index (χ1) is 13.2. The molecule has 1 atom stereocenters. The van der Waals surface area contributed by atoms with Gasteiger partial charge in [0.05, 0.1) is 6.61 Å². The molecule has 1 fully saturated rings. The van der Waals surface area contributed by atoms with E-state index in [0.717, 1.165) is 41.6 Å². The number of amides is 1. The Morgan fingerprint density at radius 1 is 1.19 bits per heavy atom. The molecule has 3 heterocycles. The van der Waals surface area contributed by atoms with Crippen molar-refractivity contribution in [2.24, 2.45) is 5.92 Å². The van der Waals surface area contributed by atoms with E-state index >= 15 is 0 Å². The summed E-state index contributed by atoms with van der Waals surface area (Å²) in [6, 6.07) is 13.7. The summed E-state index contributed by atoms with van der Waals surface area (Å²) in [7, 11) is 0. The number of aryl methyl sites for hydroxylation is 1. The Morgan fingerprint density at radius 3 is 2.93 bits per heavy atom. The number of piperidine rings is 1. The third kappa shape index (κ3) is 3.92. The van der Waals surface area contributed by atoms with Crippen LogP contribution < -0.4 is 4.74 Å². The van der Waals surface area contributed by atoms with Crippen molar-refractivity contribution in [3.63, 3.8) is 0 Å². The van der Waals surface area contributed by atoms with Gasteiger partial charge in [0.15, 0.2) is 0 Å². The van der Waals surface area contributed by atoms with Gasteiger partial charge in [-0.1, -0.05) is 24.3 Å². The lowest BCUT2D eigenvalue weighted by Crippen LogP contribution is -2.42. The molecule has 0 bridgehead atoms. The molecule has 4 rings (SSSR count). The molecule has 1 saturated heterocycles. The first-order valence-corrected chi connectivity index (χ1v) is 9.39. The van der Waals surface area contributed by atoms with Crippen LogP contribution in [0.1, 0.15) is 29.0 Å². The van der Waals surface area contributed by atoms with Crippen molar-refractivity contribution in [3.05, 3.63) is 66.2 Å². The highest BCUT2D eigenvalue weighted by Crippen LogP contribution is 2.23. The molecule has 1 aliphatic heterocycles. The number of carbonyl (C=O) groups is 1. The first-order valence-electron chi connectivity index (χ1n) is 9.39. The maximum absolute atomic E-state index is 13.1. The predicted octanol–water partition coefficient (Wildman–Crippen LogP) is 3.87. The van der Waals surface area contributed by atoms with Gasteiger partial charge in [-0.05, 0) is 37.3 Å². The number of aromatic nitrogens is 2. The van der Waals surface area contributed by atoms with E-state index in [1.165, 1.54) is 0 Å². The van der Waals surface area contributed by atoms with Crippen molar-refractivity contribution >= 4 is 16.7 Å². The third-order valence-electron chi connectivity index (χ3n) is 5.04. The molecule has 3 aromatic rings. The molecule has 1 aromatic carbocycles. The number of carbonyl (C=O) groups excluding carboxylic acids is 1. The summed E-state index contributed by atoms with van der Waals surface area (Å²) >= 11 is 0. The van der Waals surface area contributed by atoms with Crippen LogP contribution in [0.4, 0.5) is 0 Å². The SMILES string of the molecule is Cc1cc(OCC2CCCN(C(=O)c3nccc4ccccc34)C2)ccn1. The van der Waals surface area contributed by atoms with Crippen LogP contribution in [-0.2, 0) is 0 Å². The molecule has 0 radical (unpaired) electrons. The number of hydrogen-bond donors (Lipinski definition) is 0. The molecule has 1 aliphatic rings. The zero-order valence-corrected chi connectivity index (χ0v) is 15.5. The number of pyridine rings is 2. The lowest BCUT2D eigenvalue weighted by molar-refractivity contribution is 0.0629. The molecule has 138 valence electrons. The van der Waals surface area contributed by atoms with Gasteiger partial charge in [-0.15, -0.1) is 0 Å². The average Bonchev–Trinajstić information content (AvgIpc) is 2.71. The van der Waals surface area contributed by atoms with E-state index in [4.69, 9.17) is 4.74 Å². The molecule has 1 amide bonds. The second-order valence-corrected chi connectivity index (χ2v) is 7.08. The summed E-state index contributed by atoms with van der Waals surface area (Å²) in [5, 5.41) is 1.96. The number of benzene rings is 1. The fourth-order valence-corrected chi connectivity index (χ4v) is 3.65. The van der Waals surface area contributed by atoms with Crippen LogP contribution in [0.25, 0.3) is 10.8 Å². The Bertz CT molecular complexity index is 952. The summed E-state index contributed by atoms with van der Waals surface area (Å²) in [5.74, 6) is 1.17. The Labute approximate surface area is 159 Å². The first kappa shape index (κ1) is 17.5. The summed E-state index contributed by atoms with van der Waals surface area (Å²) in [6.07, 6.45) is 5.52. The summed E-state index contributed by atoms with van der Waals surface area (Å²) in [5.41, 5.74) is 1.48. The van der Waals surface area contributed by atoms with Gasteiger partial charge in [-0.25, -0.2) is 0 Å². The summed E-state index contributed by atoms with van der Waals surface area (Å²) < 4.78 is 5.94. The minimum absolute atomic E-state index is 0.0104. The van der Waals surface area contributed by atoms with Crippen LogP contribution in [-0.4, -0.2) is 40.5 Å². The van der Waals surface area contributed by atoms with Gasteiger partial charge in [-0.2, -0.15) is 0 Å². The van der Waals surface area contributed by atoms with Gasteiger partial charge in [0.25, 0.3) is 5.91 Å². The van der Waals surface area contributed by atoms with E-state index in [9.17, 15) is 4.79 Å². The second kappa shape index (κ2) is 7.74. The number of fused-ring (bicyclic) bond motifs is 1. The van der Waals surface area contributed by atoms with E-state index in [2.05, 4.69) is 9.97 Å². The van der Waals surface area contributed by atoms with E-state index in [1.807, 2.05) is 54.3 Å². The van der Waals surface area contributed by atoms with Crippen molar-refractivity contribution in [2.75, 3.05) is 19.7 Å². The standard InChI is InChI=1S/C22H23N3O2/c1-16-13-19(9-11-23-16)27-15-17-5-4-12-25(14-17)22(26)21-20-7-3-2-6-18(20)8-10-24-21/h2-3,6-11,13,17H,4-5,12,14-15H2,1H3. The number of nitrogens with zero attached hydrogens (tertiary/aromatic N) is 3. The highest BCUT2D eigenvalue weighted by Gasteiger charge is 2.26. The van der Waals surface area contributed by atoms with E-state index in [-0.39, 0.29) is 5.91 Å². The molecule has 5 heteroatoms. The predicted molar refractivity (Wildman–Crippen MR) is 105 cm³/mol. The zero-order valence-electron chi connectivity index (χ0n) is 15.5. The van der Waals surface area contributed by atoms with Crippen molar-refractivity contribution in [2.45, 2.75) is 19.8 Å². The molecule has 2 aromatic heterocycles.